The van der Waals surface area contributed by atoms with Gasteiger partial charge in [-0.3, -0.25) is 4.90 Å². The van der Waals surface area contributed by atoms with Gasteiger partial charge >= 0.3 is 0 Å². The summed E-state index contributed by atoms with van der Waals surface area (Å²) in [6.07, 6.45) is 2.93. The third-order valence-electron chi connectivity index (χ3n) is 5.53. The summed E-state index contributed by atoms with van der Waals surface area (Å²) in [7, 11) is 0. The molecule has 1 aromatic heterocycles. The Hall–Kier alpha value is -2.57. The molecule has 1 aliphatic heterocycles. The Morgan fingerprint density at radius 3 is 2.70 bits per heavy atom. The highest BCUT2D eigenvalue weighted by Crippen LogP contribution is 2.30. The third kappa shape index (κ3) is 5.12. The Morgan fingerprint density at radius 2 is 1.93 bits per heavy atom. The van der Waals surface area contributed by atoms with Crippen molar-refractivity contribution >= 4 is 16.7 Å². The van der Waals surface area contributed by atoms with E-state index in [4.69, 9.17) is 9.47 Å². The second-order valence-electron chi connectivity index (χ2n) is 8.08. The van der Waals surface area contributed by atoms with Crippen molar-refractivity contribution in [1.82, 2.24) is 14.5 Å². The Morgan fingerprint density at radius 1 is 1.13 bits per heavy atom. The van der Waals surface area contributed by atoms with E-state index in [0.29, 0.717) is 12.6 Å². The topological polar surface area (TPSA) is 51.5 Å². The Bertz CT molecular complexity index is 933. The molecular formula is C24H32N4O2. The van der Waals surface area contributed by atoms with Gasteiger partial charge in [0.2, 0.25) is 0 Å². The van der Waals surface area contributed by atoms with Crippen LogP contribution in [0.2, 0.25) is 0 Å². The average molecular weight is 409 g/mol. The van der Waals surface area contributed by atoms with E-state index in [1.54, 1.807) is 0 Å². The maximum atomic E-state index is 6.16. The maximum absolute atomic E-state index is 6.16. The summed E-state index contributed by atoms with van der Waals surface area (Å²) < 4.78 is 13.8. The second-order valence-corrected chi connectivity index (χ2v) is 8.08. The summed E-state index contributed by atoms with van der Waals surface area (Å²) >= 11 is 0. The van der Waals surface area contributed by atoms with Crippen LogP contribution < -0.4 is 10.1 Å². The van der Waals surface area contributed by atoms with Gasteiger partial charge in [-0.15, -0.1) is 0 Å². The lowest BCUT2D eigenvalue weighted by molar-refractivity contribution is 0.0358. The molecule has 6 nitrogen and oxygen atoms in total. The van der Waals surface area contributed by atoms with Crippen LogP contribution in [0.4, 0.5) is 5.69 Å². The highest BCUT2D eigenvalue weighted by atomic mass is 16.5. The van der Waals surface area contributed by atoms with Crippen molar-refractivity contribution < 1.29 is 9.47 Å². The van der Waals surface area contributed by atoms with Crippen molar-refractivity contribution in [3.8, 4) is 5.75 Å². The van der Waals surface area contributed by atoms with Crippen molar-refractivity contribution in [1.29, 1.82) is 0 Å². The molecule has 0 unspecified atom stereocenters. The first-order valence-corrected chi connectivity index (χ1v) is 10.9. The minimum atomic E-state index is 0.341. The molecule has 0 amide bonds. The van der Waals surface area contributed by atoms with E-state index in [2.05, 4.69) is 70.0 Å². The molecule has 0 aliphatic carbocycles. The van der Waals surface area contributed by atoms with Crippen molar-refractivity contribution in [3.63, 3.8) is 0 Å². The number of aromatic nitrogens is 2. The lowest BCUT2D eigenvalue weighted by Crippen LogP contribution is -2.37. The standard InChI is InChI=1S/C24H32N4O2/c1-19(2)28-18-26-24-22(25-17-20-7-4-3-5-8-20)15-21(16-23(24)28)30-12-6-9-27-10-13-29-14-11-27/h3-5,7-8,15-16,18-19,25H,6,9-14,17H2,1-2H3. The van der Waals surface area contributed by atoms with Crippen LogP contribution in [0.1, 0.15) is 31.9 Å². The molecule has 1 aliphatic rings. The third-order valence-corrected chi connectivity index (χ3v) is 5.53. The molecule has 1 fully saturated rings. The van der Waals surface area contributed by atoms with Crippen molar-refractivity contribution in [2.45, 2.75) is 32.9 Å². The number of rotatable bonds is 9. The Kier molecular flexibility index (Phi) is 6.87. The molecule has 0 bridgehead atoms. The largest absolute Gasteiger partial charge is 0.493 e. The van der Waals surface area contributed by atoms with Crippen molar-refractivity contribution in [2.24, 2.45) is 0 Å². The lowest BCUT2D eigenvalue weighted by Gasteiger charge is -2.26. The molecule has 4 rings (SSSR count). The zero-order chi connectivity index (χ0) is 20.8. The molecule has 0 atom stereocenters. The molecule has 3 aromatic rings. The fourth-order valence-corrected chi connectivity index (χ4v) is 3.83. The summed E-state index contributed by atoms with van der Waals surface area (Å²) in [4.78, 5) is 7.12. The molecule has 0 saturated carbocycles. The summed E-state index contributed by atoms with van der Waals surface area (Å²) in [5.74, 6) is 0.891. The maximum Gasteiger partial charge on any atom is 0.123 e. The smallest absolute Gasteiger partial charge is 0.123 e. The van der Waals surface area contributed by atoms with Gasteiger partial charge in [0.15, 0.2) is 0 Å². The number of morpholine rings is 1. The second kappa shape index (κ2) is 9.96. The fourth-order valence-electron chi connectivity index (χ4n) is 3.83. The molecule has 0 radical (unpaired) electrons. The van der Waals surface area contributed by atoms with E-state index in [1.165, 1.54) is 5.56 Å². The van der Waals surface area contributed by atoms with Crippen LogP contribution in [0.15, 0.2) is 48.8 Å². The predicted molar refractivity (Wildman–Crippen MR) is 121 cm³/mol. The van der Waals surface area contributed by atoms with Gasteiger partial charge < -0.3 is 19.4 Å². The highest BCUT2D eigenvalue weighted by Gasteiger charge is 2.13. The normalized spacial score (nSPS) is 15.0. The summed E-state index contributed by atoms with van der Waals surface area (Å²) in [6.45, 7) is 10.6. The molecule has 0 spiro atoms. The fraction of sp³-hybridized carbons (Fsp3) is 0.458. The molecule has 1 saturated heterocycles. The number of fused-ring (bicyclic) bond motifs is 1. The molecule has 2 aromatic carbocycles. The zero-order valence-corrected chi connectivity index (χ0v) is 18.0. The summed E-state index contributed by atoms with van der Waals surface area (Å²) in [5, 5.41) is 3.56. The number of hydrogen-bond donors (Lipinski definition) is 1. The molecular weight excluding hydrogens is 376 g/mol. The molecule has 30 heavy (non-hydrogen) atoms. The number of imidazole rings is 1. The molecule has 160 valence electrons. The number of anilines is 1. The number of nitrogens with one attached hydrogen (secondary N) is 1. The number of benzene rings is 2. The van der Waals surface area contributed by atoms with Gasteiger partial charge in [-0.05, 0) is 25.8 Å². The van der Waals surface area contributed by atoms with Crippen LogP contribution in [-0.2, 0) is 11.3 Å². The van der Waals surface area contributed by atoms with Crippen LogP contribution in [0, 0.1) is 0 Å². The van der Waals surface area contributed by atoms with Crippen LogP contribution in [0.5, 0.6) is 5.75 Å². The first-order valence-electron chi connectivity index (χ1n) is 10.9. The summed E-state index contributed by atoms with van der Waals surface area (Å²) in [5.41, 5.74) is 4.34. The average Bonchev–Trinajstić information content (AvgIpc) is 3.21. The first kappa shape index (κ1) is 20.7. The van der Waals surface area contributed by atoms with E-state index >= 15 is 0 Å². The van der Waals surface area contributed by atoms with E-state index in [9.17, 15) is 0 Å². The van der Waals surface area contributed by atoms with Gasteiger partial charge in [0.1, 0.15) is 11.3 Å². The van der Waals surface area contributed by atoms with E-state index < -0.39 is 0 Å². The van der Waals surface area contributed by atoms with Crippen LogP contribution in [0.3, 0.4) is 0 Å². The minimum absolute atomic E-state index is 0.341. The highest BCUT2D eigenvalue weighted by molar-refractivity contribution is 5.90. The van der Waals surface area contributed by atoms with Crippen LogP contribution in [0.25, 0.3) is 11.0 Å². The van der Waals surface area contributed by atoms with E-state index in [-0.39, 0.29) is 0 Å². The first-order chi connectivity index (χ1) is 14.7. The van der Waals surface area contributed by atoms with E-state index in [1.807, 2.05) is 12.4 Å². The number of ether oxygens (including phenoxy) is 2. The van der Waals surface area contributed by atoms with Crippen LogP contribution in [-0.4, -0.2) is 53.9 Å². The van der Waals surface area contributed by atoms with Gasteiger partial charge in [0.25, 0.3) is 0 Å². The predicted octanol–water partition coefficient (Wildman–Crippen LogP) is 4.33. The SMILES string of the molecule is CC(C)n1cnc2c(NCc3ccccc3)cc(OCCCN3CCOCC3)cc21. The van der Waals surface area contributed by atoms with Gasteiger partial charge in [0.05, 0.1) is 37.4 Å². The number of nitrogens with zero attached hydrogens (tertiary/aromatic N) is 3. The van der Waals surface area contributed by atoms with Gasteiger partial charge in [-0.2, -0.15) is 0 Å². The number of hydrogen-bond acceptors (Lipinski definition) is 5. The monoisotopic (exact) mass is 408 g/mol. The molecule has 6 heteroatoms. The Labute approximate surface area is 178 Å². The van der Waals surface area contributed by atoms with Gasteiger partial charge in [-0.1, -0.05) is 30.3 Å². The van der Waals surface area contributed by atoms with Crippen molar-refractivity contribution in [2.75, 3.05) is 44.8 Å². The Balaban J connectivity index is 1.46. The van der Waals surface area contributed by atoms with Gasteiger partial charge in [0, 0.05) is 44.4 Å². The zero-order valence-electron chi connectivity index (χ0n) is 18.0. The van der Waals surface area contributed by atoms with E-state index in [0.717, 1.165) is 68.3 Å². The minimum Gasteiger partial charge on any atom is -0.493 e. The summed E-state index contributed by atoms with van der Waals surface area (Å²) in [6, 6.07) is 15.0. The van der Waals surface area contributed by atoms with Gasteiger partial charge in [-0.25, -0.2) is 4.98 Å². The quantitative estimate of drug-likeness (QED) is 0.534. The van der Waals surface area contributed by atoms with Crippen molar-refractivity contribution in [3.05, 3.63) is 54.4 Å². The molecule has 2 heterocycles. The van der Waals surface area contributed by atoms with Crippen LogP contribution >= 0.6 is 0 Å². The molecule has 1 N–H and O–H groups in total. The lowest BCUT2D eigenvalue weighted by atomic mass is 10.2.